The molecule has 1 aromatic heterocycles. The van der Waals surface area contributed by atoms with E-state index in [0.717, 1.165) is 18.5 Å². The van der Waals surface area contributed by atoms with Crippen molar-refractivity contribution in [2.45, 2.75) is 45.2 Å². The maximum absolute atomic E-state index is 13.5. The van der Waals surface area contributed by atoms with Crippen LogP contribution >= 0.6 is 11.3 Å². The Kier molecular flexibility index (Phi) is 4.66. The lowest BCUT2D eigenvalue weighted by atomic mass is 9.95. The van der Waals surface area contributed by atoms with Gasteiger partial charge in [-0.05, 0) is 25.5 Å². The number of unbranched alkanes of at least 4 members (excludes halogenated alkanes) is 1. The molecule has 1 aromatic carbocycles. The third-order valence-electron chi connectivity index (χ3n) is 5.31. The van der Waals surface area contributed by atoms with Crippen molar-refractivity contribution in [2.75, 3.05) is 16.8 Å². The number of anilines is 2. The number of rotatable bonds is 5. The molecule has 0 radical (unpaired) electrons. The van der Waals surface area contributed by atoms with Crippen LogP contribution in [0.5, 0.6) is 0 Å². The Hall–Kier alpha value is -2.74. The number of aromatic nitrogens is 1. The fraction of sp³-hybridized carbons (Fsp3) is 0.400. The van der Waals surface area contributed by atoms with E-state index in [-0.39, 0.29) is 30.6 Å². The Labute approximate surface area is 167 Å². The minimum Gasteiger partial charge on any atom is -0.307 e. The highest BCUT2D eigenvalue weighted by molar-refractivity contribution is 7.13. The van der Waals surface area contributed by atoms with E-state index in [2.05, 4.69) is 10.3 Å². The predicted molar refractivity (Wildman–Crippen MR) is 107 cm³/mol. The van der Waals surface area contributed by atoms with Gasteiger partial charge in [-0.25, -0.2) is 4.98 Å². The largest absolute Gasteiger partial charge is 0.307 e. The lowest BCUT2D eigenvalue weighted by Crippen LogP contribution is -2.69. The van der Waals surface area contributed by atoms with Gasteiger partial charge in [-0.15, -0.1) is 11.3 Å². The molecular weight excluding hydrogens is 376 g/mol. The summed E-state index contributed by atoms with van der Waals surface area (Å²) in [6.45, 7) is 4.30. The van der Waals surface area contributed by atoms with Crippen molar-refractivity contribution in [1.29, 1.82) is 0 Å². The van der Waals surface area contributed by atoms with Crippen molar-refractivity contribution in [3.8, 4) is 0 Å². The monoisotopic (exact) mass is 398 g/mol. The molecular formula is C20H22N4O3S. The zero-order chi connectivity index (χ0) is 19.9. The normalized spacial score (nSPS) is 20.9. The van der Waals surface area contributed by atoms with E-state index in [1.165, 1.54) is 16.2 Å². The van der Waals surface area contributed by atoms with Crippen molar-refractivity contribution in [3.05, 3.63) is 40.9 Å². The molecule has 146 valence electrons. The predicted octanol–water partition coefficient (Wildman–Crippen LogP) is 3.17. The first kappa shape index (κ1) is 18.6. The topological polar surface area (TPSA) is 82.6 Å². The quantitative estimate of drug-likeness (QED) is 0.839. The number of fused-ring (bicyclic) bond motifs is 3. The Morgan fingerprint density at radius 3 is 2.82 bits per heavy atom. The van der Waals surface area contributed by atoms with E-state index in [0.29, 0.717) is 22.9 Å². The van der Waals surface area contributed by atoms with Gasteiger partial charge in [0, 0.05) is 24.8 Å². The first-order chi connectivity index (χ1) is 13.5. The highest BCUT2D eigenvalue weighted by Gasteiger charge is 2.60. The molecule has 0 aliphatic carbocycles. The van der Waals surface area contributed by atoms with Crippen LogP contribution in [0.1, 0.15) is 48.7 Å². The van der Waals surface area contributed by atoms with Crippen LogP contribution < -0.4 is 10.2 Å². The molecule has 2 aliphatic rings. The number of para-hydroxylation sites is 1. The smallest absolute Gasteiger partial charge is 0.273 e. The van der Waals surface area contributed by atoms with Crippen LogP contribution in [-0.2, 0) is 9.59 Å². The van der Waals surface area contributed by atoms with Crippen LogP contribution in [0, 0.1) is 6.92 Å². The number of nitrogens with zero attached hydrogens (tertiary/aromatic N) is 3. The molecule has 3 amide bonds. The van der Waals surface area contributed by atoms with Crippen molar-refractivity contribution in [1.82, 2.24) is 9.88 Å². The van der Waals surface area contributed by atoms with Gasteiger partial charge in [-0.2, -0.15) is 0 Å². The Balaban J connectivity index is 1.83. The van der Waals surface area contributed by atoms with Gasteiger partial charge < -0.3 is 4.90 Å². The van der Waals surface area contributed by atoms with Crippen LogP contribution in [-0.4, -0.2) is 39.8 Å². The van der Waals surface area contributed by atoms with Crippen molar-refractivity contribution in [3.63, 3.8) is 0 Å². The summed E-state index contributed by atoms with van der Waals surface area (Å²) in [7, 11) is 0. The lowest BCUT2D eigenvalue weighted by Gasteiger charge is -2.49. The van der Waals surface area contributed by atoms with E-state index in [1.54, 1.807) is 29.2 Å². The molecule has 0 saturated carbocycles. The minimum absolute atomic E-state index is 0.146. The van der Waals surface area contributed by atoms with Gasteiger partial charge in [0.25, 0.3) is 11.8 Å². The Bertz CT molecular complexity index is 956. The first-order valence-electron chi connectivity index (χ1n) is 9.46. The molecule has 7 nitrogen and oxygen atoms in total. The third kappa shape index (κ3) is 2.71. The number of hydrogen-bond acceptors (Lipinski definition) is 5. The van der Waals surface area contributed by atoms with E-state index in [1.807, 2.05) is 19.2 Å². The highest BCUT2D eigenvalue weighted by atomic mass is 32.1. The second-order valence-electron chi connectivity index (χ2n) is 7.12. The van der Waals surface area contributed by atoms with Crippen LogP contribution in [0.3, 0.4) is 0 Å². The Morgan fingerprint density at radius 2 is 2.11 bits per heavy atom. The maximum atomic E-state index is 13.5. The summed E-state index contributed by atoms with van der Waals surface area (Å²) in [4.78, 5) is 47.1. The van der Waals surface area contributed by atoms with E-state index >= 15 is 0 Å². The maximum Gasteiger partial charge on any atom is 0.273 e. The SMILES string of the molecule is CCCCN1C(=O)c2ccccc2N2C(=O)CC[C@@]12C(=O)Nc1nc(C)cs1. The van der Waals surface area contributed by atoms with Gasteiger partial charge in [-0.1, -0.05) is 25.5 Å². The summed E-state index contributed by atoms with van der Waals surface area (Å²) >= 11 is 1.33. The second-order valence-corrected chi connectivity index (χ2v) is 7.98. The number of thiazole rings is 1. The first-order valence-corrected chi connectivity index (χ1v) is 10.3. The summed E-state index contributed by atoms with van der Waals surface area (Å²) in [5.74, 6) is -0.737. The van der Waals surface area contributed by atoms with Gasteiger partial charge in [0.15, 0.2) is 5.13 Å². The minimum atomic E-state index is -1.35. The molecule has 1 atom stereocenters. The number of hydrogen-bond donors (Lipinski definition) is 1. The molecule has 0 unspecified atom stereocenters. The summed E-state index contributed by atoms with van der Waals surface area (Å²) in [5, 5.41) is 5.17. The van der Waals surface area contributed by atoms with Gasteiger partial charge in [-0.3, -0.25) is 24.6 Å². The molecule has 3 heterocycles. The van der Waals surface area contributed by atoms with Crippen molar-refractivity contribution in [2.24, 2.45) is 0 Å². The standard InChI is InChI=1S/C20H22N4O3S/c1-3-4-11-23-17(26)14-7-5-6-8-15(14)24-16(25)9-10-20(23,24)18(27)22-19-21-13(2)12-28-19/h5-8,12H,3-4,9-11H2,1-2H3,(H,21,22,27)/t20-/m1/s1. The number of carbonyl (C=O) groups excluding carboxylic acids is 3. The van der Waals surface area contributed by atoms with Gasteiger partial charge in [0.1, 0.15) is 0 Å². The molecule has 1 saturated heterocycles. The number of nitrogens with one attached hydrogen (secondary N) is 1. The molecule has 2 aromatic rings. The summed E-state index contributed by atoms with van der Waals surface area (Å²) in [6.07, 6.45) is 2.12. The Morgan fingerprint density at radius 1 is 1.32 bits per heavy atom. The lowest BCUT2D eigenvalue weighted by molar-refractivity contribution is -0.129. The molecule has 0 bridgehead atoms. The fourth-order valence-corrected chi connectivity index (χ4v) is 4.70. The summed E-state index contributed by atoms with van der Waals surface area (Å²) in [6, 6.07) is 7.02. The van der Waals surface area contributed by atoms with Crippen LogP contribution in [0.25, 0.3) is 0 Å². The van der Waals surface area contributed by atoms with Gasteiger partial charge in [0.05, 0.1) is 16.9 Å². The average Bonchev–Trinajstić information content (AvgIpc) is 3.25. The number of carbonyl (C=O) groups is 3. The number of benzene rings is 1. The highest BCUT2D eigenvalue weighted by Crippen LogP contribution is 2.45. The van der Waals surface area contributed by atoms with E-state index < -0.39 is 5.66 Å². The second kappa shape index (κ2) is 7.01. The molecule has 1 N–H and O–H groups in total. The van der Waals surface area contributed by atoms with E-state index in [9.17, 15) is 14.4 Å². The fourth-order valence-electron chi connectivity index (χ4n) is 4.01. The zero-order valence-electron chi connectivity index (χ0n) is 15.9. The number of aryl methyl sites for hydroxylation is 1. The van der Waals surface area contributed by atoms with Crippen molar-refractivity contribution < 1.29 is 14.4 Å². The van der Waals surface area contributed by atoms with Crippen LogP contribution in [0.2, 0.25) is 0 Å². The molecule has 0 spiro atoms. The van der Waals surface area contributed by atoms with Crippen LogP contribution in [0.4, 0.5) is 10.8 Å². The third-order valence-corrected chi connectivity index (χ3v) is 6.19. The van der Waals surface area contributed by atoms with Crippen LogP contribution in [0.15, 0.2) is 29.6 Å². The van der Waals surface area contributed by atoms with E-state index in [4.69, 9.17) is 0 Å². The zero-order valence-corrected chi connectivity index (χ0v) is 16.7. The molecule has 1 fully saturated rings. The van der Waals surface area contributed by atoms with Gasteiger partial charge in [0.2, 0.25) is 11.6 Å². The average molecular weight is 398 g/mol. The molecule has 2 aliphatic heterocycles. The summed E-state index contributed by atoms with van der Waals surface area (Å²) in [5.41, 5.74) is 0.428. The molecule has 4 rings (SSSR count). The molecule has 8 heteroatoms. The molecule has 28 heavy (non-hydrogen) atoms. The number of amides is 3. The summed E-state index contributed by atoms with van der Waals surface area (Å²) < 4.78 is 0. The van der Waals surface area contributed by atoms with Crippen molar-refractivity contribution >= 4 is 39.9 Å². The van der Waals surface area contributed by atoms with Gasteiger partial charge >= 0.3 is 0 Å².